The van der Waals surface area contributed by atoms with Crippen molar-refractivity contribution in [1.29, 1.82) is 0 Å². The summed E-state index contributed by atoms with van der Waals surface area (Å²) in [7, 11) is 0. The molecule has 0 unspecified atom stereocenters. The molecule has 0 spiro atoms. The topological polar surface area (TPSA) is 40.6 Å². The van der Waals surface area contributed by atoms with E-state index in [2.05, 4.69) is 118 Å². The van der Waals surface area contributed by atoms with Crippen molar-refractivity contribution in [2.75, 3.05) is 13.1 Å². The minimum atomic E-state index is -0.126. The van der Waals surface area contributed by atoms with Crippen LogP contribution in [0.4, 0.5) is 0 Å². The summed E-state index contributed by atoms with van der Waals surface area (Å²) in [6.07, 6.45) is 0. The molecule has 0 fully saturated rings. The van der Waals surface area contributed by atoms with Gasteiger partial charge >= 0.3 is 0 Å². The van der Waals surface area contributed by atoms with E-state index in [9.17, 15) is 9.59 Å². The Morgan fingerprint density at radius 3 is 1.76 bits per heavy atom. The van der Waals surface area contributed by atoms with Gasteiger partial charge in [0.05, 0.1) is 32.3 Å². The minimum absolute atomic E-state index is 0.0275. The molecular weight excluding hydrogens is 773 g/mol. The van der Waals surface area contributed by atoms with Gasteiger partial charge in [0.15, 0.2) is 0 Å². The van der Waals surface area contributed by atoms with Crippen molar-refractivity contribution in [1.82, 2.24) is 9.80 Å². The van der Waals surface area contributed by atoms with E-state index in [1.54, 1.807) is 22.7 Å². The summed E-state index contributed by atoms with van der Waals surface area (Å²) in [6, 6.07) is 18.1. The number of carbonyl (C=O) groups excluding carboxylic acids is 2. The number of thiophene rings is 5. The fraction of sp³-hybridized carbons (Fsp3) is 0.348. The average molecular weight is 817 g/mol. The Bertz CT molecular complexity index is 2750. The zero-order chi connectivity index (χ0) is 38.6. The maximum atomic E-state index is 14.5. The van der Waals surface area contributed by atoms with Gasteiger partial charge < -0.3 is 9.80 Å². The normalized spacial score (nSPS) is 17.9. The van der Waals surface area contributed by atoms with E-state index < -0.39 is 0 Å². The van der Waals surface area contributed by atoms with Gasteiger partial charge in [0, 0.05) is 62.8 Å². The molecular formula is C46H44N2O2S5. The molecule has 2 amide bonds. The van der Waals surface area contributed by atoms with E-state index in [0.717, 1.165) is 21.1 Å². The average Bonchev–Trinajstić information content (AvgIpc) is 3.96. The Balaban J connectivity index is 1.09. The van der Waals surface area contributed by atoms with E-state index in [1.165, 1.54) is 72.0 Å². The highest BCUT2D eigenvalue weighted by Crippen LogP contribution is 2.63. The van der Waals surface area contributed by atoms with E-state index >= 15 is 0 Å². The maximum absolute atomic E-state index is 14.5. The van der Waals surface area contributed by atoms with Crippen LogP contribution in [0.1, 0.15) is 97.2 Å². The highest BCUT2D eigenvalue weighted by molar-refractivity contribution is 7.29. The van der Waals surface area contributed by atoms with Crippen molar-refractivity contribution in [3.8, 4) is 29.9 Å². The van der Waals surface area contributed by atoms with Crippen LogP contribution in [0.15, 0.2) is 59.7 Å². The molecule has 4 aliphatic rings. The molecule has 9 heteroatoms. The summed E-state index contributed by atoms with van der Waals surface area (Å²) in [6.45, 7) is 23.6. The molecule has 280 valence electrons. The summed E-state index contributed by atoms with van der Waals surface area (Å²) in [5, 5.41) is 1.41. The molecule has 6 aromatic rings. The van der Waals surface area contributed by atoms with Crippen LogP contribution < -0.4 is 0 Å². The third-order valence-corrected chi connectivity index (χ3v) is 17.7. The number of hydrogen-bond acceptors (Lipinski definition) is 7. The first-order valence-corrected chi connectivity index (χ1v) is 23.3. The fourth-order valence-electron chi connectivity index (χ4n) is 9.49. The lowest BCUT2D eigenvalue weighted by molar-refractivity contribution is -0.124. The van der Waals surface area contributed by atoms with Crippen LogP contribution in [0.2, 0.25) is 0 Å². The quantitative estimate of drug-likeness (QED) is 0.161. The van der Waals surface area contributed by atoms with Gasteiger partial charge in [0.25, 0.3) is 11.8 Å². The summed E-state index contributed by atoms with van der Waals surface area (Å²) in [4.78, 5) is 44.0. The second kappa shape index (κ2) is 12.0. The molecule has 10 rings (SSSR count). The van der Waals surface area contributed by atoms with Crippen LogP contribution in [0.3, 0.4) is 0 Å². The van der Waals surface area contributed by atoms with Crippen molar-refractivity contribution in [2.45, 2.75) is 80.1 Å². The third kappa shape index (κ3) is 4.89. The Morgan fingerprint density at radius 1 is 0.564 bits per heavy atom. The van der Waals surface area contributed by atoms with Gasteiger partial charge in [-0.05, 0) is 95.3 Å². The summed E-state index contributed by atoms with van der Waals surface area (Å²) in [5.41, 5.74) is 9.81. The molecule has 0 saturated heterocycles. The van der Waals surface area contributed by atoms with Crippen molar-refractivity contribution >= 4 is 90.0 Å². The van der Waals surface area contributed by atoms with E-state index in [4.69, 9.17) is 0 Å². The van der Waals surface area contributed by atoms with Gasteiger partial charge in [0.1, 0.15) is 0 Å². The zero-order valence-electron chi connectivity index (χ0n) is 32.9. The number of rotatable bonds is 7. The molecule has 4 nitrogen and oxygen atoms in total. The molecule has 0 atom stereocenters. The predicted molar refractivity (Wildman–Crippen MR) is 237 cm³/mol. The lowest BCUT2D eigenvalue weighted by Gasteiger charge is -2.26. The lowest BCUT2D eigenvalue weighted by atomic mass is 9.79. The largest absolute Gasteiger partial charge is 0.306 e. The molecule has 0 saturated carbocycles. The Kier molecular flexibility index (Phi) is 7.78. The molecule has 55 heavy (non-hydrogen) atoms. The number of nitrogens with zero attached hydrogens (tertiary/aromatic N) is 2. The second-order valence-electron chi connectivity index (χ2n) is 17.5. The number of aryl methyl sites for hydroxylation is 2. The Morgan fingerprint density at radius 2 is 1.15 bits per heavy atom. The Hall–Kier alpha value is -3.60. The van der Waals surface area contributed by atoms with Gasteiger partial charge in [-0.15, -0.1) is 56.7 Å². The minimum Gasteiger partial charge on any atom is -0.306 e. The Labute approximate surface area is 343 Å². The first-order chi connectivity index (χ1) is 26.1. The van der Waals surface area contributed by atoms with Crippen LogP contribution >= 0.6 is 56.7 Å². The number of amides is 2. The maximum Gasteiger partial charge on any atom is 0.261 e. The van der Waals surface area contributed by atoms with Crippen LogP contribution in [-0.2, 0) is 20.4 Å². The number of carbonyl (C=O) groups is 2. The van der Waals surface area contributed by atoms with Crippen molar-refractivity contribution in [3.05, 3.63) is 101 Å². The van der Waals surface area contributed by atoms with Gasteiger partial charge in [0.2, 0.25) is 0 Å². The van der Waals surface area contributed by atoms with Crippen LogP contribution in [0.5, 0.6) is 0 Å². The highest BCUT2D eigenvalue weighted by Gasteiger charge is 2.50. The first-order valence-electron chi connectivity index (χ1n) is 19.2. The summed E-state index contributed by atoms with van der Waals surface area (Å²) >= 11 is 9.19. The van der Waals surface area contributed by atoms with Crippen LogP contribution in [-0.4, -0.2) is 34.7 Å². The van der Waals surface area contributed by atoms with Crippen molar-refractivity contribution < 1.29 is 9.59 Å². The fourth-order valence-corrected chi connectivity index (χ4v) is 15.9. The molecule has 0 bridgehead atoms. The smallest absolute Gasteiger partial charge is 0.261 e. The molecule has 7 heterocycles. The first kappa shape index (κ1) is 35.8. The SMILES string of the molecule is Cc1ccc(C2=C3C(=O)N(CC(C)C)C(c4ccc(-c5cc6c(s5)-c5sc7c8c(ccc7c5C6(C)C)-c5sc(C)cc5C8(C)C)s4)=C3C(=O)N2CC(C)C)s1. The van der Waals surface area contributed by atoms with E-state index in [1.807, 2.05) is 43.8 Å². The van der Waals surface area contributed by atoms with Gasteiger partial charge in [-0.1, -0.05) is 67.5 Å². The van der Waals surface area contributed by atoms with Crippen LogP contribution in [0.25, 0.3) is 51.4 Å². The highest BCUT2D eigenvalue weighted by atomic mass is 32.1. The van der Waals surface area contributed by atoms with Gasteiger partial charge in [-0.25, -0.2) is 0 Å². The van der Waals surface area contributed by atoms with Crippen molar-refractivity contribution in [2.24, 2.45) is 11.8 Å². The number of fused-ring (bicyclic) bond motifs is 10. The number of hydrogen-bond donors (Lipinski definition) is 0. The summed E-state index contributed by atoms with van der Waals surface area (Å²) < 4.78 is 1.44. The lowest BCUT2D eigenvalue weighted by Crippen LogP contribution is -2.33. The van der Waals surface area contributed by atoms with Crippen LogP contribution in [0, 0.1) is 25.7 Å². The molecule has 1 aromatic carbocycles. The van der Waals surface area contributed by atoms with Gasteiger partial charge in [-0.3, -0.25) is 9.59 Å². The standard InChI is InChI=1S/C46H44N2O2S5/c1-21(2)19-47-37(30-14-11-23(5)51-30)33-34(44(47)50)38(48(43(33)49)20-22(3)4)31-16-15-29(53-31)32-18-28-41(54-32)42-36(46(28,9)10)26-13-12-25-35(40(26)55-42)45(7,8)27-17-24(6)52-39(25)27/h11-18,21-22H,19-20H2,1-10H3. The van der Waals surface area contributed by atoms with Crippen molar-refractivity contribution in [3.63, 3.8) is 0 Å². The molecule has 0 N–H and O–H groups in total. The second-order valence-corrected chi connectivity index (χ2v) is 23.2. The monoisotopic (exact) mass is 816 g/mol. The molecule has 2 aliphatic carbocycles. The molecule has 2 aliphatic heterocycles. The van der Waals surface area contributed by atoms with E-state index in [-0.39, 0.29) is 34.5 Å². The summed E-state index contributed by atoms with van der Waals surface area (Å²) in [5.74, 6) is 0.399. The predicted octanol–water partition coefficient (Wildman–Crippen LogP) is 13.2. The molecule has 0 radical (unpaired) electrons. The number of benzene rings is 1. The molecule has 5 aromatic heterocycles. The zero-order valence-corrected chi connectivity index (χ0v) is 37.0. The third-order valence-electron chi connectivity index (χ3n) is 11.8. The van der Waals surface area contributed by atoms with Gasteiger partial charge in [-0.2, -0.15) is 0 Å². The van der Waals surface area contributed by atoms with E-state index in [0.29, 0.717) is 24.2 Å².